The van der Waals surface area contributed by atoms with Crippen molar-refractivity contribution in [1.82, 2.24) is 14.9 Å². The van der Waals surface area contributed by atoms with E-state index in [2.05, 4.69) is 24.8 Å². The fraction of sp³-hybridized carbons (Fsp3) is 0.160. The van der Waals surface area contributed by atoms with Crippen LogP contribution in [-0.4, -0.2) is 52.9 Å². The van der Waals surface area contributed by atoms with E-state index < -0.39 is 5.97 Å². The lowest BCUT2D eigenvalue weighted by Gasteiger charge is -2.33. The molecule has 4 aromatic rings. The number of nitrogens with one attached hydrogen (secondary N) is 1. The van der Waals surface area contributed by atoms with Gasteiger partial charge >= 0.3 is 5.97 Å². The van der Waals surface area contributed by atoms with Gasteiger partial charge < -0.3 is 19.5 Å². The SMILES string of the molecule is O=C1OC(c2ccc(F)c3ccccc23)=N/C1=C\N1CCN(c2nc3ccccc3[nH]2)CC1. The maximum atomic E-state index is 14.2. The van der Waals surface area contributed by atoms with Gasteiger partial charge in [0.25, 0.3) is 0 Å². The number of halogens is 1. The average Bonchev–Trinajstić information content (AvgIpc) is 3.43. The number of carbonyl (C=O) groups excluding carboxylic acids is 1. The third-order valence-corrected chi connectivity index (χ3v) is 6.02. The second-order valence-corrected chi connectivity index (χ2v) is 8.06. The van der Waals surface area contributed by atoms with Gasteiger partial charge in [-0.2, -0.15) is 0 Å². The van der Waals surface area contributed by atoms with Crippen molar-refractivity contribution in [2.75, 3.05) is 31.1 Å². The number of para-hydroxylation sites is 2. The number of hydrogen-bond acceptors (Lipinski definition) is 6. The number of piperazine rings is 1. The van der Waals surface area contributed by atoms with Gasteiger partial charge in [-0.25, -0.2) is 19.2 Å². The van der Waals surface area contributed by atoms with Gasteiger partial charge in [-0.15, -0.1) is 0 Å². The Labute approximate surface area is 188 Å². The number of aromatic nitrogens is 2. The summed E-state index contributed by atoms with van der Waals surface area (Å²) in [7, 11) is 0. The molecule has 0 atom stereocenters. The van der Waals surface area contributed by atoms with E-state index >= 15 is 0 Å². The van der Waals surface area contributed by atoms with Gasteiger partial charge in [-0.05, 0) is 29.7 Å². The van der Waals surface area contributed by atoms with Gasteiger partial charge in [0.05, 0.1) is 11.0 Å². The molecular formula is C25H20FN5O2. The number of H-pyrrole nitrogens is 1. The van der Waals surface area contributed by atoms with E-state index in [4.69, 9.17) is 4.74 Å². The number of ether oxygens (including phenoxy) is 1. The first-order chi connectivity index (χ1) is 16.2. The number of hydrogen-bond donors (Lipinski definition) is 1. The number of aliphatic imine (C=N–C) groups is 1. The molecule has 1 N–H and O–H groups in total. The van der Waals surface area contributed by atoms with Crippen LogP contribution in [0.2, 0.25) is 0 Å². The Balaban J connectivity index is 1.21. The van der Waals surface area contributed by atoms with E-state index in [1.165, 1.54) is 6.07 Å². The fourth-order valence-corrected chi connectivity index (χ4v) is 4.29. The third kappa shape index (κ3) is 3.49. The number of aromatic amines is 1. The largest absolute Gasteiger partial charge is 0.402 e. The first-order valence-corrected chi connectivity index (χ1v) is 10.8. The van der Waals surface area contributed by atoms with Crippen LogP contribution < -0.4 is 4.90 Å². The molecule has 0 spiro atoms. The molecule has 1 aromatic heterocycles. The molecule has 7 nitrogen and oxygen atoms in total. The van der Waals surface area contributed by atoms with E-state index in [0.717, 1.165) is 43.2 Å². The van der Waals surface area contributed by atoms with Crippen molar-refractivity contribution < 1.29 is 13.9 Å². The van der Waals surface area contributed by atoms with Crippen molar-refractivity contribution in [3.8, 4) is 0 Å². The number of anilines is 1. The first-order valence-electron chi connectivity index (χ1n) is 10.8. The Morgan fingerprint density at radius 3 is 2.52 bits per heavy atom. The monoisotopic (exact) mass is 441 g/mol. The quantitative estimate of drug-likeness (QED) is 0.387. The highest BCUT2D eigenvalue weighted by Crippen LogP contribution is 2.26. The summed E-state index contributed by atoms with van der Waals surface area (Å²) >= 11 is 0. The van der Waals surface area contributed by atoms with Crippen molar-refractivity contribution in [1.29, 1.82) is 0 Å². The number of nitrogens with zero attached hydrogens (tertiary/aromatic N) is 4. The highest BCUT2D eigenvalue weighted by molar-refractivity contribution is 6.16. The topological polar surface area (TPSA) is 73.8 Å². The van der Waals surface area contributed by atoms with Crippen LogP contribution in [0.5, 0.6) is 0 Å². The van der Waals surface area contributed by atoms with E-state index in [9.17, 15) is 9.18 Å². The second kappa shape index (κ2) is 7.74. The molecule has 1 fully saturated rings. The molecule has 0 aliphatic carbocycles. The van der Waals surface area contributed by atoms with Crippen LogP contribution in [0.1, 0.15) is 5.56 Å². The maximum Gasteiger partial charge on any atom is 0.365 e. The number of fused-ring (bicyclic) bond motifs is 2. The molecule has 0 amide bonds. The van der Waals surface area contributed by atoms with Gasteiger partial charge in [-0.3, -0.25) is 0 Å². The van der Waals surface area contributed by atoms with E-state index in [1.807, 2.05) is 30.3 Å². The molecule has 8 heteroatoms. The Bertz CT molecular complexity index is 1420. The van der Waals surface area contributed by atoms with Gasteiger partial charge in [0, 0.05) is 43.3 Å². The predicted octanol–water partition coefficient (Wildman–Crippen LogP) is 3.82. The van der Waals surface area contributed by atoms with E-state index in [0.29, 0.717) is 16.3 Å². The smallest absolute Gasteiger partial charge is 0.365 e. The zero-order valence-electron chi connectivity index (χ0n) is 17.7. The number of esters is 1. The third-order valence-electron chi connectivity index (χ3n) is 6.02. The molecule has 0 radical (unpaired) electrons. The minimum absolute atomic E-state index is 0.198. The minimum atomic E-state index is -0.502. The Morgan fingerprint density at radius 1 is 0.939 bits per heavy atom. The molecule has 3 aromatic carbocycles. The summed E-state index contributed by atoms with van der Waals surface area (Å²) in [6.45, 7) is 2.96. The summed E-state index contributed by atoms with van der Waals surface area (Å²) in [5.74, 6) is 0.228. The second-order valence-electron chi connectivity index (χ2n) is 8.06. The number of rotatable bonds is 3. The number of cyclic esters (lactones) is 1. The Morgan fingerprint density at radius 2 is 1.70 bits per heavy atom. The van der Waals surface area contributed by atoms with Crippen molar-refractivity contribution in [3.05, 3.63) is 83.9 Å². The zero-order valence-corrected chi connectivity index (χ0v) is 17.7. The summed E-state index contributed by atoms with van der Waals surface area (Å²) in [5.41, 5.74) is 2.80. The highest BCUT2D eigenvalue weighted by atomic mass is 19.1. The maximum absolute atomic E-state index is 14.2. The molecule has 6 rings (SSSR count). The van der Waals surface area contributed by atoms with Gasteiger partial charge in [0.2, 0.25) is 11.8 Å². The molecule has 0 saturated carbocycles. The zero-order chi connectivity index (χ0) is 22.4. The molecule has 2 aliphatic rings. The summed E-state index contributed by atoms with van der Waals surface area (Å²) in [6.07, 6.45) is 1.75. The van der Waals surface area contributed by atoms with Crippen LogP contribution in [-0.2, 0) is 9.53 Å². The Kier molecular flexibility index (Phi) is 4.57. The molecule has 33 heavy (non-hydrogen) atoms. The van der Waals surface area contributed by atoms with E-state index in [1.54, 1.807) is 30.5 Å². The molecular weight excluding hydrogens is 421 g/mol. The molecule has 164 valence electrons. The predicted molar refractivity (Wildman–Crippen MR) is 124 cm³/mol. The number of imidazole rings is 1. The number of carbonyl (C=O) groups is 1. The molecule has 2 aliphatic heterocycles. The summed E-state index contributed by atoms with van der Waals surface area (Å²) in [5, 5.41) is 1.12. The van der Waals surface area contributed by atoms with Crippen LogP contribution in [0.25, 0.3) is 21.8 Å². The summed E-state index contributed by atoms with van der Waals surface area (Å²) < 4.78 is 19.6. The minimum Gasteiger partial charge on any atom is -0.402 e. The van der Waals surface area contributed by atoms with Crippen LogP contribution in [0.4, 0.5) is 10.3 Å². The van der Waals surface area contributed by atoms with Crippen LogP contribution in [0.3, 0.4) is 0 Å². The lowest BCUT2D eigenvalue weighted by Crippen LogP contribution is -2.44. The van der Waals surface area contributed by atoms with Gasteiger partial charge in [0.1, 0.15) is 5.82 Å². The molecule has 0 bridgehead atoms. The molecule has 1 saturated heterocycles. The highest BCUT2D eigenvalue weighted by Gasteiger charge is 2.27. The van der Waals surface area contributed by atoms with E-state index in [-0.39, 0.29) is 17.4 Å². The first kappa shape index (κ1) is 19.5. The lowest BCUT2D eigenvalue weighted by atomic mass is 10.0. The van der Waals surface area contributed by atoms with Crippen molar-refractivity contribution in [3.63, 3.8) is 0 Å². The van der Waals surface area contributed by atoms with Crippen LogP contribution in [0, 0.1) is 5.82 Å². The van der Waals surface area contributed by atoms with Crippen LogP contribution >= 0.6 is 0 Å². The lowest BCUT2D eigenvalue weighted by molar-refractivity contribution is -0.130. The standard InChI is InChI=1S/C25H20FN5O2/c26-19-10-9-18(16-5-1-2-6-17(16)19)23-27-22(24(32)33-23)15-30-11-13-31(14-12-30)25-28-20-7-3-4-8-21(20)29-25/h1-10,15H,11-14H2,(H,28,29)/b22-15-. The van der Waals surface area contributed by atoms with Gasteiger partial charge in [-0.1, -0.05) is 36.4 Å². The van der Waals surface area contributed by atoms with Crippen molar-refractivity contribution >= 4 is 39.6 Å². The normalized spacial score (nSPS) is 17.8. The number of benzene rings is 3. The fourth-order valence-electron chi connectivity index (χ4n) is 4.29. The average molecular weight is 441 g/mol. The molecule has 3 heterocycles. The van der Waals surface area contributed by atoms with Gasteiger partial charge in [0.15, 0.2) is 5.70 Å². The summed E-state index contributed by atoms with van der Waals surface area (Å²) in [6, 6.07) is 18.0. The van der Waals surface area contributed by atoms with Crippen molar-refractivity contribution in [2.45, 2.75) is 0 Å². The molecule has 0 unspecified atom stereocenters. The van der Waals surface area contributed by atoms with Crippen molar-refractivity contribution in [2.24, 2.45) is 4.99 Å². The van der Waals surface area contributed by atoms with Crippen LogP contribution in [0.15, 0.2) is 77.6 Å². The summed E-state index contributed by atoms with van der Waals surface area (Å²) in [4.78, 5) is 29.2. The Hall–Kier alpha value is -4.20.